The second-order valence-corrected chi connectivity index (χ2v) is 8.67. The van der Waals surface area contributed by atoms with Crippen molar-refractivity contribution in [2.45, 2.75) is 31.8 Å². The molecular formula is C24H29ClN6O2. The standard InChI is InChI=1S/C24H29ClN6O2/c1-33-22(32)21-5-3-2-4-18(21)16-31(13-10-17-6-8-19(25)9-7-17)20-11-14-30(15-12-20)24-27-23(26)28-29-24/h2-9,20H,10-16H2,1H3,(H3,26,27,28,29). The van der Waals surface area contributed by atoms with Crippen LogP contribution in [0.2, 0.25) is 5.02 Å². The van der Waals surface area contributed by atoms with Gasteiger partial charge in [-0.1, -0.05) is 41.9 Å². The highest BCUT2D eigenvalue weighted by Crippen LogP contribution is 2.24. The Morgan fingerprint density at radius 3 is 2.61 bits per heavy atom. The molecule has 2 heterocycles. The number of rotatable bonds is 8. The number of aromatic nitrogens is 3. The molecule has 0 amide bonds. The molecule has 0 spiro atoms. The molecule has 0 unspecified atom stereocenters. The number of halogens is 1. The summed E-state index contributed by atoms with van der Waals surface area (Å²) in [4.78, 5) is 21.2. The second-order valence-electron chi connectivity index (χ2n) is 8.23. The van der Waals surface area contributed by atoms with Crippen LogP contribution in [0.25, 0.3) is 0 Å². The van der Waals surface area contributed by atoms with Crippen molar-refractivity contribution < 1.29 is 9.53 Å². The third kappa shape index (κ3) is 5.83. The number of carbonyl (C=O) groups is 1. The Balaban J connectivity index is 1.49. The van der Waals surface area contributed by atoms with E-state index in [0.29, 0.717) is 30.0 Å². The Morgan fingerprint density at radius 2 is 1.94 bits per heavy atom. The average molecular weight is 469 g/mol. The third-order valence-electron chi connectivity index (χ3n) is 6.15. The lowest BCUT2D eigenvalue weighted by Crippen LogP contribution is -2.45. The first-order chi connectivity index (χ1) is 16.0. The second kappa shape index (κ2) is 10.7. The highest BCUT2D eigenvalue weighted by Gasteiger charge is 2.27. The van der Waals surface area contributed by atoms with Crippen molar-refractivity contribution >= 4 is 29.5 Å². The molecule has 174 valence electrons. The van der Waals surface area contributed by atoms with Crippen LogP contribution in [0.1, 0.15) is 34.3 Å². The number of nitrogens with zero attached hydrogens (tertiary/aromatic N) is 4. The minimum Gasteiger partial charge on any atom is -0.465 e. The summed E-state index contributed by atoms with van der Waals surface area (Å²) in [6.07, 6.45) is 2.83. The van der Waals surface area contributed by atoms with E-state index in [-0.39, 0.29) is 5.97 Å². The van der Waals surface area contributed by atoms with Gasteiger partial charge in [-0.05, 0) is 48.6 Å². The van der Waals surface area contributed by atoms with Gasteiger partial charge in [0.1, 0.15) is 0 Å². The fourth-order valence-electron chi connectivity index (χ4n) is 4.34. The Bertz CT molecular complexity index is 1060. The molecule has 1 aromatic heterocycles. The molecular weight excluding hydrogens is 440 g/mol. The smallest absolute Gasteiger partial charge is 0.338 e. The van der Waals surface area contributed by atoms with Gasteiger partial charge in [0.15, 0.2) is 0 Å². The van der Waals surface area contributed by atoms with E-state index in [1.165, 1.54) is 12.7 Å². The van der Waals surface area contributed by atoms with Crippen molar-refractivity contribution in [2.24, 2.45) is 0 Å². The van der Waals surface area contributed by atoms with Crippen molar-refractivity contribution in [1.82, 2.24) is 20.1 Å². The summed E-state index contributed by atoms with van der Waals surface area (Å²) in [5.74, 6) is 0.672. The SMILES string of the molecule is COC(=O)c1ccccc1CN(CCc1ccc(Cl)cc1)C1CCN(c2n[nH]c(N)n2)CC1. The van der Waals surface area contributed by atoms with Gasteiger partial charge in [-0.3, -0.25) is 4.90 Å². The molecule has 2 aromatic carbocycles. The molecule has 0 bridgehead atoms. The topological polar surface area (TPSA) is 100 Å². The van der Waals surface area contributed by atoms with Crippen LogP contribution in [0.5, 0.6) is 0 Å². The lowest BCUT2D eigenvalue weighted by Gasteiger charge is -2.38. The summed E-state index contributed by atoms with van der Waals surface area (Å²) in [5.41, 5.74) is 8.52. The van der Waals surface area contributed by atoms with Crippen molar-refractivity contribution in [3.05, 3.63) is 70.2 Å². The molecule has 1 aliphatic rings. The number of anilines is 2. The number of esters is 1. The predicted molar refractivity (Wildman–Crippen MR) is 129 cm³/mol. The molecule has 0 aliphatic carbocycles. The number of ether oxygens (including phenoxy) is 1. The van der Waals surface area contributed by atoms with E-state index < -0.39 is 0 Å². The monoisotopic (exact) mass is 468 g/mol. The van der Waals surface area contributed by atoms with Gasteiger partial charge in [-0.15, -0.1) is 5.10 Å². The summed E-state index contributed by atoms with van der Waals surface area (Å²) in [5, 5.41) is 7.64. The quantitative estimate of drug-likeness (QED) is 0.487. The molecule has 1 fully saturated rings. The van der Waals surface area contributed by atoms with Crippen LogP contribution in [-0.4, -0.2) is 58.8 Å². The molecule has 0 atom stereocenters. The number of hydrogen-bond donors (Lipinski definition) is 2. The number of hydrogen-bond acceptors (Lipinski definition) is 7. The molecule has 9 heteroatoms. The van der Waals surface area contributed by atoms with E-state index in [2.05, 4.69) is 37.1 Å². The molecule has 0 saturated carbocycles. The number of carbonyl (C=O) groups excluding carboxylic acids is 1. The van der Waals surface area contributed by atoms with Crippen LogP contribution in [0.4, 0.5) is 11.9 Å². The summed E-state index contributed by atoms with van der Waals surface area (Å²) in [7, 11) is 1.42. The molecule has 3 N–H and O–H groups in total. The first-order valence-corrected chi connectivity index (χ1v) is 11.5. The maximum Gasteiger partial charge on any atom is 0.338 e. The predicted octanol–water partition coefficient (Wildman–Crippen LogP) is 3.54. The van der Waals surface area contributed by atoms with E-state index in [1.54, 1.807) is 0 Å². The van der Waals surface area contributed by atoms with E-state index in [1.807, 2.05) is 36.4 Å². The number of piperidine rings is 1. The number of nitrogens with two attached hydrogens (primary N) is 1. The summed E-state index contributed by atoms with van der Waals surface area (Å²) in [6.45, 7) is 3.24. The van der Waals surface area contributed by atoms with E-state index >= 15 is 0 Å². The normalized spacial score (nSPS) is 14.6. The van der Waals surface area contributed by atoms with E-state index in [4.69, 9.17) is 22.1 Å². The van der Waals surface area contributed by atoms with Crippen molar-refractivity contribution in [1.29, 1.82) is 0 Å². The first kappa shape index (κ1) is 23.1. The Morgan fingerprint density at radius 1 is 1.21 bits per heavy atom. The molecule has 1 aliphatic heterocycles. The first-order valence-electron chi connectivity index (χ1n) is 11.1. The fourth-order valence-corrected chi connectivity index (χ4v) is 4.46. The molecule has 33 heavy (non-hydrogen) atoms. The van der Waals surface area contributed by atoms with E-state index in [0.717, 1.165) is 49.5 Å². The van der Waals surface area contributed by atoms with Crippen LogP contribution in [-0.2, 0) is 17.7 Å². The van der Waals surface area contributed by atoms with Gasteiger partial charge in [-0.2, -0.15) is 4.98 Å². The maximum absolute atomic E-state index is 12.3. The number of benzene rings is 2. The lowest BCUT2D eigenvalue weighted by atomic mass is 10.00. The highest BCUT2D eigenvalue weighted by molar-refractivity contribution is 6.30. The third-order valence-corrected chi connectivity index (χ3v) is 6.40. The van der Waals surface area contributed by atoms with Crippen LogP contribution >= 0.6 is 11.6 Å². The van der Waals surface area contributed by atoms with Gasteiger partial charge in [0, 0.05) is 37.2 Å². The van der Waals surface area contributed by atoms with Crippen LogP contribution < -0.4 is 10.6 Å². The van der Waals surface area contributed by atoms with Gasteiger partial charge in [0.2, 0.25) is 11.9 Å². The van der Waals surface area contributed by atoms with Gasteiger partial charge >= 0.3 is 5.97 Å². The molecule has 1 saturated heterocycles. The molecule has 4 rings (SSSR count). The summed E-state index contributed by atoms with van der Waals surface area (Å²) in [6, 6.07) is 16.0. The Hall–Kier alpha value is -3.10. The zero-order valence-electron chi connectivity index (χ0n) is 18.7. The minimum absolute atomic E-state index is 0.305. The number of nitrogens with one attached hydrogen (secondary N) is 1. The van der Waals surface area contributed by atoms with Crippen LogP contribution in [0.15, 0.2) is 48.5 Å². The largest absolute Gasteiger partial charge is 0.465 e. The van der Waals surface area contributed by atoms with Crippen molar-refractivity contribution in [3.63, 3.8) is 0 Å². The van der Waals surface area contributed by atoms with Crippen molar-refractivity contribution in [2.75, 3.05) is 37.4 Å². The summed E-state index contributed by atoms with van der Waals surface area (Å²) < 4.78 is 5.01. The van der Waals surface area contributed by atoms with Crippen LogP contribution in [0, 0.1) is 0 Å². The average Bonchev–Trinajstić information content (AvgIpc) is 3.29. The minimum atomic E-state index is -0.305. The number of H-pyrrole nitrogens is 1. The maximum atomic E-state index is 12.3. The van der Waals surface area contributed by atoms with Gasteiger partial charge in [0.25, 0.3) is 0 Å². The molecule has 8 nitrogen and oxygen atoms in total. The zero-order chi connectivity index (χ0) is 23.2. The van der Waals surface area contributed by atoms with Crippen molar-refractivity contribution in [3.8, 4) is 0 Å². The number of nitrogen functional groups attached to an aromatic ring is 1. The summed E-state index contributed by atoms with van der Waals surface area (Å²) >= 11 is 6.05. The molecule has 3 aromatic rings. The molecule has 0 radical (unpaired) electrons. The zero-order valence-corrected chi connectivity index (χ0v) is 19.5. The highest BCUT2D eigenvalue weighted by atomic mass is 35.5. The van der Waals surface area contributed by atoms with E-state index in [9.17, 15) is 4.79 Å². The van der Waals surface area contributed by atoms with Crippen LogP contribution in [0.3, 0.4) is 0 Å². The fraction of sp³-hybridized carbons (Fsp3) is 0.375. The van der Waals surface area contributed by atoms with Gasteiger partial charge in [-0.25, -0.2) is 9.89 Å². The number of methoxy groups -OCH3 is 1. The Labute approximate surface area is 198 Å². The van der Waals surface area contributed by atoms with Gasteiger partial charge < -0.3 is 15.4 Å². The number of aromatic amines is 1. The lowest BCUT2D eigenvalue weighted by molar-refractivity contribution is 0.0597. The Kier molecular flexibility index (Phi) is 7.47. The van der Waals surface area contributed by atoms with Gasteiger partial charge in [0.05, 0.1) is 12.7 Å².